The van der Waals surface area contributed by atoms with E-state index in [0.717, 1.165) is 36.2 Å². The van der Waals surface area contributed by atoms with E-state index in [0.29, 0.717) is 5.41 Å². The van der Waals surface area contributed by atoms with E-state index in [2.05, 4.69) is 21.2 Å². The number of nitrogens with one attached hydrogen (secondary N) is 1. The van der Waals surface area contributed by atoms with E-state index >= 15 is 0 Å². The second-order valence-electron chi connectivity index (χ2n) is 5.12. The lowest BCUT2D eigenvalue weighted by Gasteiger charge is -2.16. The van der Waals surface area contributed by atoms with Gasteiger partial charge in [0.25, 0.3) is 0 Å². The molecular formula is C14H19BrFNO. The van der Waals surface area contributed by atoms with Crippen LogP contribution in [0.2, 0.25) is 0 Å². The van der Waals surface area contributed by atoms with Gasteiger partial charge in [-0.1, -0.05) is 15.9 Å². The highest BCUT2D eigenvalue weighted by Gasteiger charge is 2.41. The molecule has 0 aromatic heterocycles. The number of hydrogen-bond acceptors (Lipinski definition) is 2. The molecule has 1 aromatic rings. The van der Waals surface area contributed by atoms with Gasteiger partial charge in [-0.05, 0) is 48.4 Å². The minimum atomic E-state index is -0.164. The zero-order valence-corrected chi connectivity index (χ0v) is 12.2. The fraction of sp³-hybridized carbons (Fsp3) is 0.571. The molecule has 100 valence electrons. The fourth-order valence-corrected chi connectivity index (χ4v) is 2.78. The van der Waals surface area contributed by atoms with Crippen molar-refractivity contribution in [1.82, 2.24) is 5.32 Å². The summed E-state index contributed by atoms with van der Waals surface area (Å²) in [4.78, 5) is 0. The van der Waals surface area contributed by atoms with Crippen LogP contribution >= 0.6 is 15.9 Å². The van der Waals surface area contributed by atoms with Gasteiger partial charge in [0.05, 0.1) is 6.61 Å². The lowest BCUT2D eigenvalue weighted by atomic mass is 9.96. The zero-order chi connectivity index (χ0) is 13.0. The molecule has 1 aliphatic rings. The molecule has 18 heavy (non-hydrogen) atoms. The molecule has 0 bridgehead atoms. The third-order valence-corrected chi connectivity index (χ3v) is 3.90. The number of rotatable bonds is 7. The van der Waals surface area contributed by atoms with Gasteiger partial charge in [0.2, 0.25) is 0 Å². The van der Waals surface area contributed by atoms with Gasteiger partial charge in [0.1, 0.15) is 5.82 Å². The number of hydrogen-bond donors (Lipinski definition) is 1. The van der Waals surface area contributed by atoms with E-state index in [1.165, 1.54) is 18.9 Å². The second kappa shape index (κ2) is 6.13. The topological polar surface area (TPSA) is 21.3 Å². The first kappa shape index (κ1) is 14.0. The van der Waals surface area contributed by atoms with E-state index in [1.54, 1.807) is 13.2 Å². The Morgan fingerprint density at radius 3 is 2.78 bits per heavy atom. The maximum atomic E-state index is 13.3. The summed E-state index contributed by atoms with van der Waals surface area (Å²) in [6, 6.07) is 5.15. The lowest BCUT2D eigenvalue weighted by Crippen LogP contribution is -2.28. The molecule has 0 radical (unpaired) electrons. The Balaban J connectivity index is 1.88. The first-order chi connectivity index (χ1) is 8.63. The minimum absolute atomic E-state index is 0.164. The molecule has 0 atom stereocenters. The monoisotopic (exact) mass is 315 g/mol. The summed E-state index contributed by atoms with van der Waals surface area (Å²) < 4.78 is 19.1. The quantitative estimate of drug-likeness (QED) is 0.780. The van der Waals surface area contributed by atoms with Crippen molar-refractivity contribution in [3.05, 3.63) is 34.1 Å². The molecule has 0 spiro atoms. The van der Waals surface area contributed by atoms with Gasteiger partial charge in [0, 0.05) is 24.7 Å². The van der Waals surface area contributed by atoms with E-state index in [-0.39, 0.29) is 5.82 Å². The Morgan fingerprint density at radius 1 is 1.39 bits per heavy atom. The average Bonchev–Trinajstić information content (AvgIpc) is 3.03. The molecule has 2 nitrogen and oxygen atoms in total. The van der Waals surface area contributed by atoms with Crippen molar-refractivity contribution in [2.75, 3.05) is 26.8 Å². The van der Waals surface area contributed by atoms with Gasteiger partial charge < -0.3 is 10.1 Å². The van der Waals surface area contributed by atoms with Gasteiger partial charge in [-0.3, -0.25) is 0 Å². The number of ether oxygens (including phenoxy) is 1. The fourth-order valence-electron chi connectivity index (χ4n) is 2.27. The molecule has 1 saturated carbocycles. The molecule has 1 fully saturated rings. The van der Waals surface area contributed by atoms with Crippen LogP contribution in [0.15, 0.2) is 22.7 Å². The zero-order valence-electron chi connectivity index (χ0n) is 10.6. The summed E-state index contributed by atoms with van der Waals surface area (Å²) >= 11 is 3.34. The predicted octanol–water partition coefficient (Wildman–Crippen LogP) is 3.15. The highest BCUT2D eigenvalue weighted by Crippen LogP contribution is 2.48. The van der Waals surface area contributed by atoms with Crippen molar-refractivity contribution in [3.8, 4) is 0 Å². The van der Waals surface area contributed by atoms with Crippen molar-refractivity contribution in [2.45, 2.75) is 19.3 Å². The van der Waals surface area contributed by atoms with Crippen molar-refractivity contribution in [3.63, 3.8) is 0 Å². The van der Waals surface area contributed by atoms with Gasteiger partial charge in [-0.2, -0.15) is 0 Å². The van der Waals surface area contributed by atoms with Crippen LogP contribution in [-0.4, -0.2) is 26.8 Å². The SMILES string of the molecule is COCCNCC1(Cc2cc(F)cc(Br)c2)CC1. The molecule has 2 rings (SSSR count). The highest BCUT2D eigenvalue weighted by atomic mass is 79.9. The number of halogens is 2. The number of benzene rings is 1. The Labute approximate surface area is 116 Å². The maximum absolute atomic E-state index is 13.3. The highest BCUT2D eigenvalue weighted by molar-refractivity contribution is 9.10. The summed E-state index contributed by atoms with van der Waals surface area (Å²) in [7, 11) is 1.71. The van der Waals surface area contributed by atoms with Crippen LogP contribution in [0.5, 0.6) is 0 Å². The molecule has 0 unspecified atom stereocenters. The Morgan fingerprint density at radius 2 is 2.17 bits per heavy atom. The summed E-state index contributed by atoms with van der Waals surface area (Å²) in [5.74, 6) is -0.164. The molecule has 1 N–H and O–H groups in total. The van der Waals surface area contributed by atoms with Crippen LogP contribution in [0, 0.1) is 11.2 Å². The van der Waals surface area contributed by atoms with Gasteiger partial charge in [-0.15, -0.1) is 0 Å². The van der Waals surface area contributed by atoms with E-state index < -0.39 is 0 Å². The van der Waals surface area contributed by atoms with Crippen LogP contribution in [-0.2, 0) is 11.2 Å². The van der Waals surface area contributed by atoms with Crippen molar-refractivity contribution in [2.24, 2.45) is 5.41 Å². The standard InChI is InChI=1S/C14H19BrFNO/c1-18-5-4-17-10-14(2-3-14)9-11-6-12(15)8-13(16)7-11/h6-8,17H,2-5,9-10H2,1H3. The first-order valence-electron chi connectivity index (χ1n) is 6.28. The first-order valence-corrected chi connectivity index (χ1v) is 7.07. The van der Waals surface area contributed by atoms with Crippen LogP contribution in [0.4, 0.5) is 4.39 Å². The van der Waals surface area contributed by atoms with E-state index in [1.807, 2.05) is 6.07 Å². The van der Waals surface area contributed by atoms with Crippen LogP contribution in [0.1, 0.15) is 18.4 Å². The summed E-state index contributed by atoms with van der Waals surface area (Å²) in [5.41, 5.74) is 1.41. The minimum Gasteiger partial charge on any atom is -0.383 e. The van der Waals surface area contributed by atoms with E-state index in [4.69, 9.17) is 4.74 Å². The molecule has 0 aliphatic heterocycles. The Hall–Kier alpha value is -0.450. The smallest absolute Gasteiger partial charge is 0.124 e. The summed E-state index contributed by atoms with van der Waals surface area (Å²) in [6.45, 7) is 2.61. The summed E-state index contributed by atoms with van der Waals surface area (Å²) in [5, 5.41) is 3.41. The Kier molecular flexibility index (Phi) is 4.76. The Bertz CT molecular complexity index is 387. The van der Waals surface area contributed by atoms with Crippen LogP contribution in [0.3, 0.4) is 0 Å². The molecule has 0 saturated heterocycles. The number of methoxy groups -OCH3 is 1. The summed E-state index contributed by atoms with van der Waals surface area (Å²) in [6.07, 6.45) is 3.39. The second-order valence-corrected chi connectivity index (χ2v) is 6.04. The van der Waals surface area contributed by atoms with Crippen LogP contribution < -0.4 is 5.32 Å². The van der Waals surface area contributed by atoms with Crippen molar-refractivity contribution in [1.29, 1.82) is 0 Å². The molecule has 4 heteroatoms. The third kappa shape index (κ3) is 4.04. The van der Waals surface area contributed by atoms with Gasteiger partial charge >= 0.3 is 0 Å². The van der Waals surface area contributed by atoms with Crippen molar-refractivity contribution >= 4 is 15.9 Å². The molecule has 0 amide bonds. The third-order valence-electron chi connectivity index (χ3n) is 3.44. The van der Waals surface area contributed by atoms with Crippen molar-refractivity contribution < 1.29 is 9.13 Å². The van der Waals surface area contributed by atoms with Gasteiger partial charge in [-0.25, -0.2) is 4.39 Å². The van der Waals surface area contributed by atoms with Gasteiger partial charge in [0.15, 0.2) is 0 Å². The molecule has 1 aliphatic carbocycles. The largest absolute Gasteiger partial charge is 0.383 e. The predicted molar refractivity (Wildman–Crippen MR) is 74.2 cm³/mol. The van der Waals surface area contributed by atoms with E-state index in [9.17, 15) is 4.39 Å². The molecular weight excluding hydrogens is 297 g/mol. The maximum Gasteiger partial charge on any atom is 0.124 e. The lowest BCUT2D eigenvalue weighted by molar-refractivity contribution is 0.197. The molecule has 0 heterocycles. The molecule has 1 aromatic carbocycles. The van der Waals surface area contributed by atoms with Crippen LogP contribution in [0.25, 0.3) is 0 Å². The normalized spacial score (nSPS) is 16.8. The average molecular weight is 316 g/mol.